The Kier molecular flexibility index (Phi) is 3.95. The molecule has 1 nitrogen and oxygen atoms in total. The number of benzene rings is 1. The molecule has 0 aliphatic rings. The third kappa shape index (κ3) is 2.82. The highest BCUT2D eigenvalue weighted by molar-refractivity contribution is 9.09. The number of furan rings is 1. The molecule has 1 unspecified atom stereocenters. The highest BCUT2D eigenvalue weighted by Crippen LogP contribution is 2.30. The van der Waals surface area contributed by atoms with Gasteiger partial charge in [-0.3, -0.25) is 0 Å². The lowest BCUT2D eigenvalue weighted by Gasteiger charge is -2.07. The molecule has 1 heterocycles. The molecule has 1 atom stereocenters. The molecule has 0 bridgehead atoms. The summed E-state index contributed by atoms with van der Waals surface area (Å²) in [5.41, 5.74) is 1.12. The van der Waals surface area contributed by atoms with Gasteiger partial charge < -0.3 is 4.42 Å². The van der Waals surface area contributed by atoms with E-state index >= 15 is 0 Å². The van der Waals surface area contributed by atoms with Crippen molar-refractivity contribution >= 4 is 39.1 Å². The summed E-state index contributed by atoms with van der Waals surface area (Å²) in [5, 5.41) is 1.16. The molecule has 1 aromatic carbocycles. The summed E-state index contributed by atoms with van der Waals surface area (Å²) in [6, 6.07) is 9.46. The smallest absolute Gasteiger partial charge is 0.117 e. The van der Waals surface area contributed by atoms with Crippen LogP contribution in [0.5, 0.6) is 0 Å². The summed E-state index contributed by atoms with van der Waals surface area (Å²) in [4.78, 5) is 0.153. The fraction of sp³-hybridized carbons (Fsp3) is 0.167. The number of rotatable bonds is 3. The topological polar surface area (TPSA) is 13.1 Å². The van der Waals surface area contributed by atoms with Crippen LogP contribution in [-0.2, 0) is 6.42 Å². The molecule has 0 fully saturated rings. The Morgan fingerprint density at radius 1 is 1.19 bits per heavy atom. The quantitative estimate of drug-likeness (QED) is 0.703. The first-order valence-corrected chi connectivity index (χ1v) is 6.45. The second kappa shape index (κ2) is 5.26. The second-order valence-electron chi connectivity index (χ2n) is 3.44. The first kappa shape index (κ1) is 12.0. The van der Waals surface area contributed by atoms with Gasteiger partial charge in [0.25, 0.3) is 0 Å². The van der Waals surface area contributed by atoms with Gasteiger partial charge >= 0.3 is 0 Å². The Morgan fingerprint density at radius 2 is 2.00 bits per heavy atom. The molecule has 0 spiro atoms. The summed E-state index contributed by atoms with van der Waals surface area (Å²) >= 11 is 15.4. The van der Waals surface area contributed by atoms with Crippen molar-refractivity contribution in [2.75, 3.05) is 0 Å². The number of alkyl halides is 1. The van der Waals surface area contributed by atoms with Crippen molar-refractivity contribution in [2.45, 2.75) is 11.2 Å². The predicted octanol–water partition coefficient (Wildman–Crippen LogP) is 5.27. The Morgan fingerprint density at radius 3 is 2.62 bits per heavy atom. The number of hydrogen-bond donors (Lipinski definition) is 0. The minimum absolute atomic E-state index is 0.153. The third-order valence-electron chi connectivity index (χ3n) is 2.25. The van der Waals surface area contributed by atoms with Crippen LogP contribution in [0.4, 0.5) is 0 Å². The lowest BCUT2D eigenvalue weighted by atomic mass is 10.1. The average molecular weight is 320 g/mol. The zero-order valence-corrected chi connectivity index (χ0v) is 11.4. The maximum atomic E-state index is 5.95. The van der Waals surface area contributed by atoms with Crippen LogP contribution in [0.1, 0.15) is 16.2 Å². The van der Waals surface area contributed by atoms with E-state index in [1.54, 1.807) is 12.3 Å². The Hall–Kier alpha value is -0.440. The second-order valence-corrected chi connectivity index (χ2v) is 5.36. The summed E-state index contributed by atoms with van der Waals surface area (Å²) in [6.07, 6.45) is 2.48. The third-order valence-corrected chi connectivity index (χ3v) is 3.76. The normalized spacial score (nSPS) is 12.7. The Bertz CT molecular complexity index is 468. The molecule has 16 heavy (non-hydrogen) atoms. The molecule has 0 aliphatic heterocycles. The van der Waals surface area contributed by atoms with Gasteiger partial charge in [0.2, 0.25) is 0 Å². The highest BCUT2D eigenvalue weighted by Gasteiger charge is 2.11. The molecule has 2 aromatic rings. The molecule has 1 aromatic heterocycles. The Balaban J connectivity index is 2.12. The van der Waals surface area contributed by atoms with Crippen molar-refractivity contribution in [3.8, 4) is 0 Å². The van der Waals surface area contributed by atoms with Gasteiger partial charge in [0, 0.05) is 0 Å². The van der Waals surface area contributed by atoms with Crippen LogP contribution in [-0.4, -0.2) is 0 Å². The van der Waals surface area contributed by atoms with Gasteiger partial charge in [-0.05, 0) is 36.2 Å². The fourth-order valence-electron chi connectivity index (χ4n) is 1.44. The van der Waals surface area contributed by atoms with E-state index in [2.05, 4.69) is 15.9 Å². The van der Waals surface area contributed by atoms with E-state index < -0.39 is 0 Å². The molecule has 0 saturated heterocycles. The molecular formula is C12H9BrCl2O. The molecule has 0 amide bonds. The standard InChI is InChI=1S/C12H9BrCl2O/c13-9(12-2-1-5-16-12)6-8-3-4-10(14)11(15)7-8/h1-5,7,9H,6H2. The molecule has 2 rings (SSSR count). The average Bonchev–Trinajstić information content (AvgIpc) is 2.77. The molecule has 0 radical (unpaired) electrons. The molecule has 0 saturated carbocycles. The van der Waals surface area contributed by atoms with E-state index in [0.717, 1.165) is 17.7 Å². The van der Waals surface area contributed by atoms with Crippen LogP contribution in [0.3, 0.4) is 0 Å². The SMILES string of the molecule is Clc1ccc(CC(Br)c2ccco2)cc1Cl. The molecule has 0 N–H and O–H groups in total. The highest BCUT2D eigenvalue weighted by atomic mass is 79.9. The molecule has 4 heteroatoms. The van der Waals surface area contributed by atoms with Crippen molar-refractivity contribution in [1.29, 1.82) is 0 Å². The maximum absolute atomic E-state index is 5.95. The molecular weight excluding hydrogens is 311 g/mol. The summed E-state index contributed by atoms with van der Waals surface area (Å²) in [7, 11) is 0. The zero-order chi connectivity index (χ0) is 11.5. The zero-order valence-electron chi connectivity index (χ0n) is 8.29. The van der Waals surface area contributed by atoms with E-state index in [1.807, 2.05) is 24.3 Å². The van der Waals surface area contributed by atoms with Gasteiger partial charge in [0.05, 0.1) is 21.1 Å². The summed E-state index contributed by atoms with van der Waals surface area (Å²) in [6.45, 7) is 0. The van der Waals surface area contributed by atoms with Crippen LogP contribution in [0.15, 0.2) is 41.0 Å². The van der Waals surface area contributed by atoms with Gasteiger partial charge in [-0.25, -0.2) is 0 Å². The van der Waals surface area contributed by atoms with Gasteiger partial charge in [0.1, 0.15) is 5.76 Å². The van der Waals surface area contributed by atoms with E-state index in [0.29, 0.717) is 10.0 Å². The van der Waals surface area contributed by atoms with Gasteiger partial charge in [-0.2, -0.15) is 0 Å². The predicted molar refractivity (Wildman–Crippen MR) is 70.5 cm³/mol. The van der Waals surface area contributed by atoms with Crippen molar-refractivity contribution in [2.24, 2.45) is 0 Å². The fourth-order valence-corrected chi connectivity index (χ4v) is 2.40. The van der Waals surface area contributed by atoms with Gasteiger partial charge in [-0.1, -0.05) is 45.2 Å². The monoisotopic (exact) mass is 318 g/mol. The maximum Gasteiger partial charge on any atom is 0.117 e. The lowest BCUT2D eigenvalue weighted by molar-refractivity contribution is 0.507. The first-order valence-electron chi connectivity index (χ1n) is 4.78. The van der Waals surface area contributed by atoms with Crippen molar-refractivity contribution < 1.29 is 4.42 Å². The van der Waals surface area contributed by atoms with E-state index in [4.69, 9.17) is 27.6 Å². The van der Waals surface area contributed by atoms with Crippen molar-refractivity contribution in [1.82, 2.24) is 0 Å². The van der Waals surface area contributed by atoms with E-state index in [9.17, 15) is 0 Å². The van der Waals surface area contributed by atoms with Crippen LogP contribution in [0.25, 0.3) is 0 Å². The molecule has 84 valence electrons. The largest absolute Gasteiger partial charge is 0.468 e. The van der Waals surface area contributed by atoms with Crippen LogP contribution >= 0.6 is 39.1 Å². The van der Waals surface area contributed by atoms with E-state index in [1.165, 1.54) is 0 Å². The van der Waals surface area contributed by atoms with Crippen LogP contribution < -0.4 is 0 Å². The summed E-state index contributed by atoms with van der Waals surface area (Å²) < 4.78 is 5.32. The van der Waals surface area contributed by atoms with E-state index in [-0.39, 0.29) is 4.83 Å². The van der Waals surface area contributed by atoms with Crippen molar-refractivity contribution in [3.05, 3.63) is 58.0 Å². The Labute approximate surface area is 112 Å². The number of hydrogen-bond acceptors (Lipinski definition) is 1. The van der Waals surface area contributed by atoms with Gasteiger partial charge in [-0.15, -0.1) is 0 Å². The minimum atomic E-state index is 0.153. The summed E-state index contributed by atoms with van der Waals surface area (Å²) in [5.74, 6) is 0.908. The van der Waals surface area contributed by atoms with Crippen LogP contribution in [0, 0.1) is 0 Å². The lowest BCUT2D eigenvalue weighted by Crippen LogP contribution is -1.93. The van der Waals surface area contributed by atoms with Crippen LogP contribution in [0.2, 0.25) is 10.0 Å². The first-order chi connectivity index (χ1) is 7.66. The van der Waals surface area contributed by atoms with Crippen molar-refractivity contribution in [3.63, 3.8) is 0 Å². The number of halogens is 3. The minimum Gasteiger partial charge on any atom is -0.468 e. The molecule has 0 aliphatic carbocycles. The van der Waals surface area contributed by atoms with Gasteiger partial charge in [0.15, 0.2) is 0 Å².